The molecule has 2 heterocycles. The van der Waals surface area contributed by atoms with Crippen molar-refractivity contribution in [3.8, 4) is 5.69 Å². The molecule has 2 aromatic heterocycles. The Bertz CT molecular complexity index is 1140. The third-order valence-electron chi connectivity index (χ3n) is 4.20. The number of anilines is 1. The normalized spacial score (nSPS) is 10.8. The lowest BCUT2D eigenvalue weighted by atomic mass is 10.2. The van der Waals surface area contributed by atoms with E-state index in [1.165, 1.54) is 0 Å². The first-order chi connectivity index (χ1) is 14.1. The lowest BCUT2D eigenvalue weighted by Crippen LogP contribution is -2.14. The zero-order valence-electron chi connectivity index (χ0n) is 15.5. The van der Waals surface area contributed by atoms with Gasteiger partial charge in [-0.3, -0.25) is 14.7 Å². The van der Waals surface area contributed by atoms with E-state index in [1.807, 2.05) is 59.5 Å². The number of imidazole rings is 1. The molecule has 146 valence electrons. The maximum Gasteiger partial charge on any atom is 0.258 e. The van der Waals surface area contributed by atoms with Crippen LogP contribution in [0.15, 0.2) is 76.9 Å². The first-order valence-corrected chi connectivity index (χ1v) is 10.8. The molecule has 0 aliphatic heterocycles. The van der Waals surface area contributed by atoms with Crippen LogP contribution in [0.1, 0.15) is 15.9 Å². The van der Waals surface area contributed by atoms with Gasteiger partial charge in [-0.25, -0.2) is 14.6 Å². The number of carbonyl (C=O) groups excluding carboxylic acids is 1. The van der Waals surface area contributed by atoms with Gasteiger partial charge in [-0.05, 0) is 42.2 Å². The Labute approximate surface area is 180 Å². The number of hydrogen-bond acceptors (Lipinski definition) is 5. The quantitative estimate of drug-likeness (QED) is 0.428. The van der Waals surface area contributed by atoms with Crippen LogP contribution in [0.2, 0.25) is 0 Å². The fourth-order valence-corrected chi connectivity index (χ4v) is 3.61. The molecule has 0 saturated carbocycles. The van der Waals surface area contributed by atoms with Crippen LogP contribution >= 0.6 is 27.7 Å². The average molecular weight is 469 g/mol. The van der Waals surface area contributed by atoms with Crippen molar-refractivity contribution < 1.29 is 4.79 Å². The predicted octanol–water partition coefficient (Wildman–Crippen LogP) is 4.25. The molecule has 0 fully saturated rings. The Balaban J connectivity index is 1.47. The van der Waals surface area contributed by atoms with Crippen molar-refractivity contribution in [1.29, 1.82) is 0 Å². The monoisotopic (exact) mass is 468 g/mol. The summed E-state index contributed by atoms with van der Waals surface area (Å²) >= 11 is 4.97. The first-order valence-electron chi connectivity index (χ1n) is 8.75. The smallest absolute Gasteiger partial charge is 0.258 e. The Hall–Kier alpha value is -2.91. The molecule has 7 nitrogen and oxygen atoms in total. The highest BCUT2D eigenvalue weighted by Crippen LogP contribution is 2.19. The van der Waals surface area contributed by atoms with Crippen molar-refractivity contribution in [3.63, 3.8) is 0 Å². The van der Waals surface area contributed by atoms with E-state index in [0.29, 0.717) is 12.1 Å². The Morgan fingerprint density at radius 2 is 2.00 bits per heavy atom. The van der Waals surface area contributed by atoms with Gasteiger partial charge in [0.2, 0.25) is 5.95 Å². The van der Waals surface area contributed by atoms with Gasteiger partial charge in [0.1, 0.15) is 6.33 Å². The summed E-state index contributed by atoms with van der Waals surface area (Å²) in [5.74, 6) is 0.00371. The number of benzene rings is 2. The van der Waals surface area contributed by atoms with E-state index in [2.05, 4.69) is 36.3 Å². The van der Waals surface area contributed by atoms with Crippen LogP contribution in [-0.2, 0) is 6.54 Å². The van der Waals surface area contributed by atoms with Gasteiger partial charge in [0, 0.05) is 28.1 Å². The minimum Gasteiger partial charge on any atom is -0.295 e. The largest absolute Gasteiger partial charge is 0.295 e. The van der Waals surface area contributed by atoms with Crippen LogP contribution in [-0.4, -0.2) is 36.5 Å². The summed E-state index contributed by atoms with van der Waals surface area (Å²) < 4.78 is 4.65. The highest BCUT2D eigenvalue weighted by atomic mass is 79.9. The Morgan fingerprint density at radius 3 is 2.79 bits per heavy atom. The lowest BCUT2D eigenvalue weighted by molar-refractivity contribution is 0.102. The van der Waals surface area contributed by atoms with Crippen LogP contribution in [0.4, 0.5) is 5.95 Å². The molecule has 0 bridgehead atoms. The zero-order valence-corrected chi connectivity index (χ0v) is 17.9. The van der Waals surface area contributed by atoms with E-state index in [4.69, 9.17) is 0 Å². The molecule has 0 unspecified atom stereocenters. The highest BCUT2D eigenvalue weighted by Gasteiger charge is 2.12. The zero-order chi connectivity index (χ0) is 20.2. The Morgan fingerprint density at radius 1 is 1.17 bits per heavy atom. The fraction of sp³-hybridized carbons (Fsp3) is 0.100. The summed E-state index contributed by atoms with van der Waals surface area (Å²) in [6.07, 6.45) is 7.17. The van der Waals surface area contributed by atoms with E-state index in [9.17, 15) is 4.79 Å². The predicted molar refractivity (Wildman–Crippen MR) is 117 cm³/mol. The molecule has 29 heavy (non-hydrogen) atoms. The van der Waals surface area contributed by atoms with Crippen molar-refractivity contribution in [2.24, 2.45) is 0 Å². The van der Waals surface area contributed by atoms with Gasteiger partial charge in [0.15, 0.2) is 5.16 Å². The summed E-state index contributed by atoms with van der Waals surface area (Å²) in [6, 6.07) is 15.3. The maximum absolute atomic E-state index is 12.7. The summed E-state index contributed by atoms with van der Waals surface area (Å²) in [7, 11) is 0. The standard InChI is InChI=1S/C20H17BrN6OS/c1-29-20-22-9-10-27(20)17-4-2-3-15(11-17)18(28)24-19-23-13-26(25-19)12-14-5-7-16(21)8-6-14/h2-11,13H,12H2,1H3,(H,24,25,28). The van der Waals surface area contributed by atoms with Gasteiger partial charge in [-0.1, -0.05) is 45.9 Å². The molecule has 4 rings (SSSR count). The van der Waals surface area contributed by atoms with E-state index < -0.39 is 0 Å². The number of amides is 1. The van der Waals surface area contributed by atoms with Crippen molar-refractivity contribution in [2.45, 2.75) is 11.7 Å². The van der Waals surface area contributed by atoms with Crippen LogP contribution in [0, 0.1) is 0 Å². The van der Waals surface area contributed by atoms with Gasteiger partial charge in [0.25, 0.3) is 5.91 Å². The maximum atomic E-state index is 12.7. The molecule has 4 aromatic rings. The molecule has 2 aromatic carbocycles. The molecule has 0 spiro atoms. The minimum absolute atomic E-state index is 0.265. The third-order valence-corrected chi connectivity index (χ3v) is 5.39. The van der Waals surface area contributed by atoms with E-state index in [-0.39, 0.29) is 11.9 Å². The molecule has 0 aliphatic rings. The van der Waals surface area contributed by atoms with Crippen molar-refractivity contribution >= 4 is 39.5 Å². The highest BCUT2D eigenvalue weighted by molar-refractivity contribution is 9.10. The summed E-state index contributed by atoms with van der Waals surface area (Å²) in [4.78, 5) is 21.1. The fourth-order valence-electron chi connectivity index (χ4n) is 2.81. The summed E-state index contributed by atoms with van der Waals surface area (Å²) in [5, 5.41) is 7.95. The number of carbonyl (C=O) groups is 1. The molecule has 0 atom stereocenters. The Kier molecular flexibility index (Phi) is 5.77. The van der Waals surface area contributed by atoms with Crippen LogP contribution in [0.25, 0.3) is 5.69 Å². The second kappa shape index (κ2) is 8.62. The van der Waals surface area contributed by atoms with Crippen LogP contribution < -0.4 is 5.32 Å². The molecule has 1 amide bonds. The molecule has 0 saturated heterocycles. The number of hydrogen-bond donors (Lipinski definition) is 1. The van der Waals surface area contributed by atoms with Crippen LogP contribution in [0.5, 0.6) is 0 Å². The number of thioether (sulfide) groups is 1. The summed E-state index contributed by atoms with van der Waals surface area (Å²) in [6.45, 7) is 0.573. The number of nitrogens with one attached hydrogen (secondary N) is 1. The average Bonchev–Trinajstić information content (AvgIpc) is 3.39. The second-order valence-electron chi connectivity index (χ2n) is 6.18. The molecule has 0 aliphatic carbocycles. The molecular formula is C20H17BrN6OS. The first kappa shape index (κ1) is 19.4. The van der Waals surface area contributed by atoms with E-state index >= 15 is 0 Å². The lowest BCUT2D eigenvalue weighted by Gasteiger charge is -2.08. The number of nitrogens with zero attached hydrogens (tertiary/aromatic N) is 5. The van der Waals surface area contributed by atoms with Crippen molar-refractivity contribution in [3.05, 3.63) is 82.9 Å². The van der Waals surface area contributed by atoms with Crippen molar-refractivity contribution in [2.75, 3.05) is 11.6 Å². The third kappa shape index (κ3) is 4.57. The molecular weight excluding hydrogens is 452 g/mol. The van der Waals surface area contributed by atoms with Gasteiger partial charge in [0.05, 0.1) is 6.54 Å². The van der Waals surface area contributed by atoms with Gasteiger partial charge in [-0.2, -0.15) is 0 Å². The van der Waals surface area contributed by atoms with Gasteiger partial charge >= 0.3 is 0 Å². The van der Waals surface area contributed by atoms with Crippen molar-refractivity contribution in [1.82, 2.24) is 24.3 Å². The van der Waals surface area contributed by atoms with Gasteiger partial charge < -0.3 is 0 Å². The SMILES string of the molecule is CSc1nccn1-c1cccc(C(=O)Nc2ncn(Cc3ccc(Br)cc3)n2)c1. The van der Waals surface area contributed by atoms with Gasteiger partial charge in [-0.15, -0.1) is 5.10 Å². The second-order valence-corrected chi connectivity index (χ2v) is 7.87. The molecule has 1 N–H and O–H groups in total. The minimum atomic E-state index is -0.265. The molecule has 9 heteroatoms. The number of aromatic nitrogens is 5. The van der Waals surface area contributed by atoms with E-state index in [0.717, 1.165) is 20.9 Å². The molecule has 0 radical (unpaired) electrons. The number of halogens is 1. The number of rotatable bonds is 6. The summed E-state index contributed by atoms with van der Waals surface area (Å²) in [5.41, 5.74) is 2.48. The van der Waals surface area contributed by atoms with E-state index in [1.54, 1.807) is 35.0 Å². The topological polar surface area (TPSA) is 77.6 Å². The van der Waals surface area contributed by atoms with Crippen LogP contribution in [0.3, 0.4) is 0 Å².